The molecule has 1 aliphatic rings. The Morgan fingerprint density at radius 1 is 1.20 bits per heavy atom. The lowest BCUT2D eigenvalue weighted by molar-refractivity contribution is 0.147. The highest BCUT2D eigenvalue weighted by molar-refractivity contribution is 4.79. The average Bonchev–Trinajstić information content (AvgIpc) is 2.26. The van der Waals surface area contributed by atoms with Crippen molar-refractivity contribution in [3.8, 4) is 0 Å². The molecule has 0 aliphatic heterocycles. The highest BCUT2D eigenvalue weighted by Crippen LogP contribution is 2.31. The normalized spacial score (nSPS) is 27.6. The molecule has 0 saturated heterocycles. The second-order valence-corrected chi connectivity index (χ2v) is 5.44. The lowest BCUT2D eigenvalue weighted by atomic mass is 9.79. The van der Waals surface area contributed by atoms with Crippen molar-refractivity contribution < 1.29 is 0 Å². The maximum Gasteiger partial charge on any atom is 0.00924 e. The molecule has 2 heteroatoms. The van der Waals surface area contributed by atoms with E-state index in [1.165, 1.54) is 32.2 Å². The molecule has 15 heavy (non-hydrogen) atoms. The van der Waals surface area contributed by atoms with Crippen LogP contribution in [0.3, 0.4) is 0 Å². The zero-order valence-electron chi connectivity index (χ0n) is 10.7. The fourth-order valence-electron chi connectivity index (χ4n) is 2.73. The van der Waals surface area contributed by atoms with Crippen molar-refractivity contribution in [3.05, 3.63) is 0 Å². The van der Waals surface area contributed by atoms with Crippen molar-refractivity contribution in [1.29, 1.82) is 0 Å². The number of hydrogen-bond acceptors (Lipinski definition) is 2. The van der Waals surface area contributed by atoms with E-state index in [-0.39, 0.29) is 0 Å². The van der Waals surface area contributed by atoms with E-state index in [2.05, 4.69) is 25.8 Å². The lowest BCUT2D eigenvalue weighted by Crippen LogP contribution is -2.37. The fraction of sp³-hybridized carbons (Fsp3) is 1.00. The molecule has 0 aromatic heterocycles. The standard InChI is InChI=1S/C13H28N2/c1-11(2)12-5-7-13(8-6-12)15(3)10-4-9-14/h11-13H,4-10,14H2,1-3H3. The molecule has 90 valence electrons. The van der Waals surface area contributed by atoms with Crippen LogP contribution in [0.1, 0.15) is 46.0 Å². The van der Waals surface area contributed by atoms with Crippen molar-refractivity contribution in [3.63, 3.8) is 0 Å². The van der Waals surface area contributed by atoms with Gasteiger partial charge in [-0.1, -0.05) is 13.8 Å². The first-order chi connectivity index (χ1) is 7.15. The maximum absolute atomic E-state index is 5.54. The van der Waals surface area contributed by atoms with Crippen LogP contribution in [0.25, 0.3) is 0 Å². The van der Waals surface area contributed by atoms with Gasteiger partial charge in [0.05, 0.1) is 0 Å². The van der Waals surface area contributed by atoms with Crippen LogP contribution in [-0.2, 0) is 0 Å². The molecular formula is C13H28N2. The van der Waals surface area contributed by atoms with Crippen molar-refractivity contribution in [2.45, 2.75) is 52.0 Å². The molecule has 2 nitrogen and oxygen atoms in total. The molecule has 0 heterocycles. The summed E-state index contributed by atoms with van der Waals surface area (Å²) in [4.78, 5) is 2.52. The molecule has 1 fully saturated rings. The molecule has 0 aromatic carbocycles. The zero-order chi connectivity index (χ0) is 11.3. The Kier molecular flexibility index (Phi) is 5.62. The number of hydrogen-bond donors (Lipinski definition) is 1. The summed E-state index contributed by atoms with van der Waals surface area (Å²) in [5, 5.41) is 0. The average molecular weight is 212 g/mol. The Labute approximate surface area is 95.2 Å². The highest BCUT2D eigenvalue weighted by Gasteiger charge is 2.25. The fourth-order valence-corrected chi connectivity index (χ4v) is 2.73. The van der Waals surface area contributed by atoms with Gasteiger partial charge >= 0.3 is 0 Å². The second kappa shape index (κ2) is 6.49. The number of nitrogens with zero attached hydrogens (tertiary/aromatic N) is 1. The molecule has 0 aromatic rings. The Bertz CT molecular complexity index is 160. The summed E-state index contributed by atoms with van der Waals surface area (Å²) in [5.74, 6) is 1.85. The third-order valence-corrected chi connectivity index (χ3v) is 4.02. The van der Waals surface area contributed by atoms with Crippen LogP contribution in [0.2, 0.25) is 0 Å². The van der Waals surface area contributed by atoms with Gasteiger partial charge in [-0.05, 0) is 64.1 Å². The quantitative estimate of drug-likeness (QED) is 0.758. The smallest absolute Gasteiger partial charge is 0.00924 e. The van der Waals surface area contributed by atoms with Crippen LogP contribution in [0.5, 0.6) is 0 Å². The molecular weight excluding hydrogens is 184 g/mol. The van der Waals surface area contributed by atoms with Gasteiger partial charge < -0.3 is 10.6 Å². The van der Waals surface area contributed by atoms with Gasteiger partial charge in [0.25, 0.3) is 0 Å². The van der Waals surface area contributed by atoms with Gasteiger partial charge in [0.2, 0.25) is 0 Å². The van der Waals surface area contributed by atoms with Gasteiger partial charge in [0.1, 0.15) is 0 Å². The monoisotopic (exact) mass is 212 g/mol. The Morgan fingerprint density at radius 2 is 1.80 bits per heavy atom. The predicted octanol–water partition coefficient (Wildman–Crippen LogP) is 2.48. The summed E-state index contributed by atoms with van der Waals surface area (Å²) in [7, 11) is 2.26. The molecule has 2 N–H and O–H groups in total. The van der Waals surface area contributed by atoms with Crippen molar-refractivity contribution in [2.75, 3.05) is 20.1 Å². The summed E-state index contributed by atoms with van der Waals surface area (Å²) >= 11 is 0. The van der Waals surface area contributed by atoms with E-state index in [0.29, 0.717) is 0 Å². The third-order valence-electron chi connectivity index (χ3n) is 4.02. The largest absolute Gasteiger partial charge is 0.330 e. The maximum atomic E-state index is 5.54. The Balaban J connectivity index is 2.24. The van der Waals surface area contributed by atoms with E-state index in [4.69, 9.17) is 5.73 Å². The van der Waals surface area contributed by atoms with E-state index in [9.17, 15) is 0 Å². The topological polar surface area (TPSA) is 29.3 Å². The molecule has 0 amide bonds. The minimum atomic E-state index is 0.825. The molecule has 0 spiro atoms. The summed E-state index contributed by atoms with van der Waals surface area (Å²) < 4.78 is 0. The van der Waals surface area contributed by atoms with Crippen LogP contribution >= 0.6 is 0 Å². The summed E-state index contributed by atoms with van der Waals surface area (Å²) in [5.41, 5.74) is 5.54. The van der Waals surface area contributed by atoms with Crippen LogP contribution in [-0.4, -0.2) is 31.1 Å². The van der Waals surface area contributed by atoms with Gasteiger partial charge in [-0.25, -0.2) is 0 Å². The van der Waals surface area contributed by atoms with Crippen molar-refractivity contribution in [1.82, 2.24) is 4.90 Å². The number of nitrogens with two attached hydrogens (primary N) is 1. The zero-order valence-corrected chi connectivity index (χ0v) is 10.7. The van der Waals surface area contributed by atoms with Crippen LogP contribution in [0.15, 0.2) is 0 Å². The molecule has 0 radical (unpaired) electrons. The van der Waals surface area contributed by atoms with E-state index in [0.717, 1.165) is 30.8 Å². The first kappa shape index (κ1) is 13.0. The van der Waals surface area contributed by atoms with E-state index < -0.39 is 0 Å². The van der Waals surface area contributed by atoms with Gasteiger partial charge in [-0.15, -0.1) is 0 Å². The van der Waals surface area contributed by atoms with E-state index in [1.807, 2.05) is 0 Å². The summed E-state index contributed by atoms with van der Waals surface area (Å²) in [6.07, 6.45) is 6.78. The Morgan fingerprint density at radius 3 is 2.27 bits per heavy atom. The summed E-state index contributed by atoms with van der Waals surface area (Å²) in [6.45, 7) is 6.73. The molecule has 0 atom stereocenters. The van der Waals surface area contributed by atoms with Crippen LogP contribution in [0, 0.1) is 11.8 Å². The number of rotatable bonds is 5. The molecule has 1 saturated carbocycles. The first-order valence-corrected chi connectivity index (χ1v) is 6.55. The Hall–Kier alpha value is -0.0800. The SMILES string of the molecule is CC(C)C1CCC(N(C)CCCN)CC1. The van der Waals surface area contributed by atoms with Gasteiger partial charge in [-0.2, -0.15) is 0 Å². The first-order valence-electron chi connectivity index (χ1n) is 6.55. The van der Waals surface area contributed by atoms with Gasteiger partial charge in [0.15, 0.2) is 0 Å². The summed E-state index contributed by atoms with van der Waals surface area (Å²) in [6, 6.07) is 0.826. The van der Waals surface area contributed by atoms with E-state index in [1.54, 1.807) is 0 Å². The third kappa shape index (κ3) is 4.12. The lowest BCUT2D eigenvalue weighted by Gasteiger charge is -2.36. The van der Waals surface area contributed by atoms with Crippen LogP contribution in [0.4, 0.5) is 0 Å². The predicted molar refractivity (Wildman–Crippen MR) is 66.9 cm³/mol. The molecule has 1 rings (SSSR count). The highest BCUT2D eigenvalue weighted by atomic mass is 15.1. The van der Waals surface area contributed by atoms with Crippen molar-refractivity contribution in [2.24, 2.45) is 17.6 Å². The van der Waals surface area contributed by atoms with Gasteiger partial charge in [-0.3, -0.25) is 0 Å². The van der Waals surface area contributed by atoms with Crippen LogP contribution < -0.4 is 5.73 Å². The molecule has 0 unspecified atom stereocenters. The minimum Gasteiger partial charge on any atom is -0.330 e. The van der Waals surface area contributed by atoms with E-state index >= 15 is 0 Å². The minimum absolute atomic E-state index is 0.825. The second-order valence-electron chi connectivity index (χ2n) is 5.44. The molecule has 1 aliphatic carbocycles. The van der Waals surface area contributed by atoms with Crippen molar-refractivity contribution >= 4 is 0 Å². The van der Waals surface area contributed by atoms with Gasteiger partial charge in [0, 0.05) is 6.04 Å². The molecule has 0 bridgehead atoms.